The van der Waals surface area contributed by atoms with Gasteiger partial charge in [0.25, 0.3) is 0 Å². The Morgan fingerprint density at radius 2 is 1.84 bits per heavy atom. The number of benzene rings is 1. The van der Waals surface area contributed by atoms with Crippen LogP contribution in [-0.2, 0) is 24.5 Å². The van der Waals surface area contributed by atoms with Gasteiger partial charge in [-0.25, -0.2) is 16.8 Å². The van der Waals surface area contributed by atoms with Gasteiger partial charge >= 0.3 is 0 Å². The number of sulfone groups is 2. The Morgan fingerprint density at radius 3 is 2.53 bits per heavy atom. The Morgan fingerprint density at radius 1 is 1.11 bits per heavy atom. The van der Waals surface area contributed by atoms with Gasteiger partial charge in [0, 0.05) is 0 Å². The number of hydrogen-bond donors (Lipinski definition) is 0. The van der Waals surface area contributed by atoms with Gasteiger partial charge in [0.1, 0.15) is 11.5 Å². The van der Waals surface area contributed by atoms with Crippen molar-refractivity contribution >= 4 is 30.8 Å². The van der Waals surface area contributed by atoms with Gasteiger partial charge in [0.05, 0.1) is 10.6 Å². The maximum atomic E-state index is 12.3. The summed E-state index contributed by atoms with van der Waals surface area (Å²) in [6.45, 7) is -0.0634. The molecule has 0 saturated carbocycles. The van der Waals surface area contributed by atoms with Crippen LogP contribution in [0.15, 0.2) is 39.2 Å². The van der Waals surface area contributed by atoms with E-state index < -0.39 is 24.7 Å². The van der Waals surface area contributed by atoms with E-state index in [1.807, 2.05) is 0 Å². The molecule has 0 aliphatic carbocycles. The maximum Gasteiger partial charge on any atom is 0.213 e. The smallest absolute Gasteiger partial charge is 0.213 e. The summed E-state index contributed by atoms with van der Waals surface area (Å²) >= 11 is 0. The van der Waals surface area contributed by atoms with E-state index in [0.717, 1.165) is 0 Å². The minimum atomic E-state index is -3.85. The molecule has 0 fully saturated rings. The highest BCUT2D eigenvalue weighted by Crippen LogP contribution is 2.34. The zero-order valence-electron chi connectivity index (χ0n) is 9.61. The predicted octanol–water partition coefficient (Wildman–Crippen LogP) is 0.573. The first kappa shape index (κ1) is 12.4. The van der Waals surface area contributed by atoms with Gasteiger partial charge in [-0.05, 0) is 17.7 Å². The molecule has 0 atom stereocenters. The molecule has 0 spiro atoms. The Hall–Kier alpha value is -1.67. The van der Waals surface area contributed by atoms with Crippen LogP contribution >= 0.6 is 0 Å². The molecule has 0 amide bonds. The highest BCUT2D eigenvalue weighted by molar-refractivity contribution is 8.10. The Kier molecular flexibility index (Phi) is 2.55. The lowest BCUT2D eigenvalue weighted by atomic mass is 10.2. The average Bonchev–Trinajstić information content (AvgIpc) is 2.62. The second-order valence-corrected chi connectivity index (χ2v) is 8.01. The van der Waals surface area contributed by atoms with Crippen molar-refractivity contribution in [2.75, 3.05) is 12.4 Å². The second-order valence-electron chi connectivity index (χ2n) is 4.10. The van der Waals surface area contributed by atoms with Crippen molar-refractivity contribution in [2.24, 2.45) is 5.16 Å². The summed E-state index contributed by atoms with van der Waals surface area (Å²) < 4.78 is 48.4. The Bertz CT molecular complexity index is 818. The van der Waals surface area contributed by atoms with Gasteiger partial charge in [-0.1, -0.05) is 23.4 Å². The van der Waals surface area contributed by atoms with E-state index in [-0.39, 0.29) is 22.2 Å². The second kappa shape index (κ2) is 3.91. The van der Waals surface area contributed by atoms with Crippen LogP contribution in [0.25, 0.3) is 6.08 Å². The van der Waals surface area contributed by atoms with E-state index in [4.69, 9.17) is 4.84 Å². The minimum Gasteiger partial charge on any atom is -0.394 e. The number of oxime groups is 1. The fourth-order valence-corrected chi connectivity index (χ4v) is 5.17. The van der Waals surface area contributed by atoms with Crippen molar-refractivity contribution < 1.29 is 21.7 Å². The van der Waals surface area contributed by atoms with Crippen LogP contribution in [-0.4, -0.2) is 34.2 Å². The van der Waals surface area contributed by atoms with Crippen molar-refractivity contribution in [3.63, 3.8) is 0 Å². The van der Waals surface area contributed by atoms with Gasteiger partial charge < -0.3 is 4.84 Å². The molecule has 2 aliphatic rings. The molecule has 100 valence electrons. The molecule has 0 radical (unpaired) electrons. The summed E-state index contributed by atoms with van der Waals surface area (Å²) in [5.41, 5.74) is 0.459. The number of rotatable bonds is 1. The Labute approximate surface area is 110 Å². The van der Waals surface area contributed by atoms with Gasteiger partial charge in [-0.15, -0.1) is 0 Å². The molecule has 0 bridgehead atoms. The molecule has 0 saturated heterocycles. The lowest BCUT2D eigenvalue weighted by Gasteiger charge is -2.13. The van der Waals surface area contributed by atoms with E-state index >= 15 is 0 Å². The van der Waals surface area contributed by atoms with E-state index in [1.165, 1.54) is 12.1 Å². The average molecular weight is 299 g/mol. The Balaban J connectivity index is 2.23. The third-order valence-electron chi connectivity index (χ3n) is 2.88. The van der Waals surface area contributed by atoms with E-state index in [0.29, 0.717) is 5.56 Å². The third-order valence-corrected chi connectivity index (χ3v) is 6.44. The normalized spacial score (nSPS) is 22.9. The van der Waals surface area contributed by atoms with Crippen molar-refractivity contribution in [2.45, 2.75) is 4.90 Å². The lowest BCUT2D eigenvalue weighted by Crippen LogP contribution is -2.29. The molecule has 19 heavy (non-hydrogen) atoms. The number of fused-ring (bicyclic) bond motifs is 1. The summed E-state index contributed by atoms with van der Waals surface area (Å²) in [5, 5.41) is 2.92. The molecule has 0 unspecified atom stereocenters. The molecule has 1 aromatic carbocycles. The van der Waals surface area contributed by atoms with Crippen molar-refractivity contribution in [1.82, 2.24) is 0 Å². The standard InChI is InChI=1S/C11H9NO5S2/c13-18(14)6-5-17-12-11(18)10-7-8-3-1-2-4-9(8)19(10,15)16/h1-4,7H,5-6H2. The van der Waals surface area contributed by atoms with Crippen LogP contribution in [0.3, 0.4) is 0 Å². The van der Waals surface area contributed by atoms with Crippen LogP contribution in [0.2, 0.25) is 0 Å². The first-order valence-corrected chi connectivity index (χ1v) is 8.55. The molecular formula is C11H9NO5S2. The first-order chi connectivity index (χ1) is 8.93. The van der Waals surface area contributed by atoms with Crippen LogP contribution in [0.1, 0.15) is 5.56 Å². The zero-order chi connectivity index (χ0) is 13.7. The molecule has 0 aromatic heterocycles. The van der Waals surface area contributed by atoms with Gasteiger partial charge in [0.15, 0.2) is 0 Å². The van der Waals surface area contributed by atoms with Crippen molar-refractivity contribution in [3.8, 4) is 0 Å². The van der Waals surface area contributed by atoms with E-state index in [9.17, 15) is 16.8 Å². The molecule has 8 heteroatoms. The fourth-order valence-electron chi connectivity index (χ4n) is 1.96. The molecular weight excluding hydrogens is 290 g/mol. The van der Waals surface area contributed by atoms with Crippen LogP contribution in [0.5, 0.6) is 0 Å². The van der Waals surface area contributed by atoms with Gasteiger partial charge in [-0.2, -0.15) is 0 Å². The summed E-state index contributed by atoms with van der Waals surface area (Å²) in [5.74, 6) is -0.269. The summed E-state index contributed by atoms with van der Waals surface area (Å²) in [4.78, 5) is 4.51. The van der Waals surface area contributed by atoms with Gasteiger partial charge in [-0.3, -0.25) is 0 Å². The van der Waals surface area contributed by atoms with Crippen LogP contribution in [0, 0.1) is 0 Å². The first-order valence-electron chi connectivity index (χ1n) is 5.42. The molecule has 3 rings (SSSR count). The van der Waals surface area contributed by atoms with E-state index in [1.54, 1.807) is 18.2 Å². The topological polar surface area (TPSA) is 89.9 Å². The molecule has 1 aromatic rings. The highest BCUT2D eigenvalue weighted by atomic mass is 32.2. The molecule has 2 heterocycles. The van der Waals surface area contributed by atoms with Crippen molar-refractivity contribution in [1.29, 1.82) is 0 Å². The SMILES string of the molecule is O=S1(=O)CCON=C1C1=Cc2ccccc2S1(=O)=O. The monoisotopic (exact) mass is 299 g/mol. The fraction of sp³-hybridized carbons (Fsp3) is 0.182. The third kappa shape index (κ3) is 1.79. The molecule has 2 aliphatic heterocycles. The minimum absolute atomic E-state index is 0.0634. The molecule has 0 N–H and O–H groups in total. The number of hydrogen-bond acceptors (Lipinski definition) is 6. The summed E-state index contributed by atoms with van der Waals surface area (Å²) in [6, 6.07) is 6.31. The van der Waals surface area contributed by atoms with Crippen molar-refractivity contribution in [3.05, 3.63) is 34.7 Å². The largest absolute Gasteiger partial charge is 0.394 e. The zero-order valence-corrected chi connectivity index (χ0v) is 11.2. The highest BCUT2D eigenvalue weighted by Gasteiger charge is 2.39. The lowest BCUT2D eigenvalue weighted by molar-refractivity contribution is 0.158. The quantitative estimate of drug-likeness (QED) is 0.756. The van der Waals surface area contributed by atoms with Crippen LogP contribution < -0.4 is 0 Å². The maximum absolute atomic E-state index is 12.3. The summed E-state index contributed by atoms with van der Waals surface area (Å²) in [7, 11) is -7.56. The van der Waals surface area contributed by atoms with Gasteiger partial charge in [0.2, 0.25) is 24.7 Å². The van der Waals surface area contributed by atoms with Crippen LogP contribution in [0.4, 0.5) is 0 Å². The summed E-state index contributed by atoms with van der Waals surface area (Å²) in [6.07, 6.45) is 1.32. The molecule has 6 nitrogen and oxygen atoms in total. The number of nitrogens with zero attached hydrogens (tertiary/aromatic N) is 1. The predicted molar refractivity (Wildman–Crippen MR) is 68.8 cm³/mol. The van der Waals surface area contributed by atoms with E-state index in [2.05, 4.69) is 5.16 Å².